The fourth-order valence-electron chi connectivity index (χ4n) is 4.97. The van der Waals surface area contributed by atoms with Gasteiger partial charge in [-0.25, -0.2) is 9.97 Å². The first-order valence-corrected chi connectivity index (χ1v) is 11.7. The maximum atomic E-state index is 13.4. The molecule has 0 aliphatic carbocycles. The highest BCUT2D eigenvalue weighted by Crippen LogP contribution is 2.31. The van der Waals surface area contributed by atoms with E-state index in [-0.39, 0.29) is 11.8 Å². The molecule has 0 spiro atoms. The van der Waals surface area contributed by atoms with Gasteiger partial charge in [0.15, 0.2) is 0 Å². The van der Waals surface area contributed by atoms with Gasteiger partial charge in [-0.1, -0.05) is 0 Å². The van der Waals surface area contributed by atoms with E-state index in [1.165, 1.54) is 11.3 Å². The normalized spacial score (nSPS) is 18.1. The monoisotopic (exact) mass is 442 g/mol. The lowest BCUT2D eigenvalue weighted by Crippen LogP contribution is -2.39. The maximum Gasteiger partial charge on any atom is 0.253 e. The highest BCUT2D eigenvalue weighted by Gasteiger charge is 2.27. The molecule has 1 aromatic carbocycles. The topological polar surface area (TPSA) is 74.2 Å². The molecule has 4 heterocycles. The molecule has 1 saturated heterocycles. The van der Waals surface area contributed by atoms with E-state index in [0.29, 0.717) is 12.5 Å². The standard InChI is InChI=1S/C26H30N6O/c1-18-14-22(30-26-27-10-5-11-28-26)16-23(29-18)21-7-4-13-32(17-21)25(33)20-8-9-24-19(15-20)6-3-12-31(24)2/h5,8-11,14-16,21H,3-4,6-7,12-13,17H2,1-2H3,(H,27,28,29,30)/t21-/m0/s1. The lowest BCUT2D eigenvalue weighted by molar-refractivity contribution is 0.0706. The van der Waals surface area contributed by atoms with Crippen LogP contribution < -0.4 is 10.2 Å². The van der Waals surface area contributed by atoms with Crippen LogP contribution in [-0.2, 0) is 6.42 Å². The SMILES string of the molecule is Cc1cc(Nc2ncccn2)cc([C@H]2CCCN(C(=O)c3ccc4c(c3)CCCN4C)C2)n1. The van der Waals surface area contributed by atoms with E-state index < -0.39 is 0 Å². The average Bonchev–Trinajstić information content (AvgIpc) is 2.84. The van der Waals surface area contributed by atoms with Gasteiger partial charge in [0.25, 0.3) is 5.91 Å². The van der Waals surface area contributed by atoms with Crippen molar-refractivity contribution in [1.82, 2.24) is 19.9 Å². The molecular weight excluding hydrogens is 412 g/mol. The summed E-state index contributed by atoms with van der Waals surface area (Å²) < 4.78 is 0. The molecule has 0 saturated carbocycles. The van der Waals surface area contributed by atoms with Crippen LogP contribution in [0.2, 0.25) is 0 Å². The lowest BCUT2D eigenvalue weighted by Gasteiger charge is -2.33. The fraction of sp³-hybridized carbons (Fsp3) is 0.385. The number of hydrogen-bond acceptors (Lipinski definition) is 6. The largest absolute Gasteiger partial charge is 0.374 e. The predicted molar refractivity (Wildman–Crippen MR) is 130 cm³/mol. The molecule has 2 aliphatic heterocycles. The molecule has 3 aromatic rings. The van der Waals surface area contributed by atoms with Crippen LogP contribution in [0.15, 0.2) is 48.8 Å². The summed E-state index contributed by atoms with van der Waals surface area (Å²) in [6.07, 6.45) is 7.61. The number of pyridine rings is 1. The Labute approximate surface area is 194 Å². The number of piperidine rings is 1. The van der Waals surface area contributed by atoms with Gasteiger partial charge < -0.3 is 15.1 Å². The van der Waals surface area contributed by atoms with Crippen LogP contribution in [-0.4, -0.2) is 52.4 Å². The minimum Gasteiger partial charge on any atom is -0.374 e. The number of aryl methyl sites for hydroxylation is 2. The van der Waals surface area contributed by atoms with Crippen molar-refractivity contribution < 1.29 is 4.79 Å². The molecule has 2 aromatic heterocycles. The van der Waals surface area contributed by atoms with Gasteiger partial charge in [0.2, 0.25) is 5.95 Å². The Hall–Kier alpha value is -3.48. The van der Waals surface area contributed by atoms with Crippen molar-refractivity contribution in [3.63, 3.8) is 0 Å². The first kappa shape index (κ1) is 21.4. The maximum absolute atomic E-state index is 13.4. The zero-order chi connectivity index (χ0) is 22.8. The highest BCUT2D eigenvalue weighted by molar-refractivity contribution is 5.95. The molecule has 2 aliphatic rings. The minimum atomic E-state index is 0.124. The number of carbonyl (C=O) groups excluding carboxylic acids is 1. The summed E-state index contributed by atoms with van der Waals surface area (Å²) in [5, 5.41) is 3.27. The molecule has 7 nitrogen and oxygen atoms in total. The number of fused-ring (bicyclic) bond motifs is 1. The summed E-state index contributed by atoms with van der Waals surface area (Å²) in [6, 6.07) is 12.0. The third kappa shape index (κ3) is 4.67. The van der Waals surface area contributed by atoms with Crippen molar-refractivity contribution >= 4 is 23.2 Å². The van der Waals surface area contributed by atoms with E-state index in [4.69, 9.17) is 4.98 Å². The number of anilines is 3. The molecule has 1 N–H and O–H groups in total. The van der Waals surface area contributed by atoms with Gasteiger partial charge in [-0.15, -0.1) is 0 Å². The van der Waals surface area contributed by atoms with E-state index in [9.17, 15) is 4.79 Å². The second kappa shape index (κ2) is 9.17. The second-order valence-corrected chi connectivity index (χ2v) is 9.08. The highest BCUT2D eigenvalue weighted by atomic mass is 16.2. The Bertz CT molecular complexity index is 1150. The molecule has 33 heavy (non-hydrogen) atoms. The first-order chi connectivity index (χ1) is 16.1. The summed E-state index contributed by atoms with van der Waals surface area (Å²) in [7, 11) is 2.12. The van der Waals surface area contributed by atoms with Gasteiger partial charge in [0.05, 0.1) is 0 Å². The zero-order valence-corrected chi connectivity index (χ0v) is 19.3. The second-order valence-electron chi connectivity index (χ2n) is 9.08. The number of benzene rings is 1. The predicted octanol–water partition coefficient (Wildman–Crippen LogP) is 4.33. The van der Waals surface area contributed by atoms with Gasteiger partial charge in [-0.2, -0.15) is 0 Å². The number of carbonyl (C=O) groups is 1. The Morgan fingerprint density at radius 2 is 1.94 bits per heavy atom. The molecule has 0 radical (unpaired) electrons. The average molecular weight is 443 g/mol. The van der Waals surface area contributed by atoms with Crippen LogP contribution >= 0.6 is 0 Å². The molecule has 5 rings (SSSR count). The van der Waals surface area contributed by atoms with E-state index >= 15 is 0 Å². The molecule has 170 valence electrons. The Morgan fingerprint density at radius 3 is 2.79 bits per heavy atom. The number of likely N-dealkylation sites (tertiary alicyclic amines) is 1. The molecule has 1 fully saturated rings. The smallest absolute Gasteiger partial charge is 0.253 e. The summed E-state index contributed by atoms with van der Waals surface area (Å²) in [5.74, 6) is 0.899. The number of hydrogen-bond donors (Lipinski definition) is 1. The van der Waals surface area contributed by atoms with E-state index in [2.05, 4.69) is 45.4 Å². The van der Waals surface area contributed by atoms with Gasteiger partial charge in [0, 0.05) is 73.3 Å². The zero-order valence-electron chi connectivity index (χ0n) is 19.3. The summed E-state index contributed by atoms with van der Waals surface area (Å²) in [6.45, 7) is 4.55. The quantitative estimate of drug-likeness (QED) is 0.648. The summed E-state index contributed by atoms with van der Waals surface area (Å²) in [4.78, 5) is 31.0. The third-order valence-corrected chi connectivity index (χ3v) is 6.60. The minimum absolute atomic E-state index is 0.124. The summed E-state index contributed by atoms with van der Waals surface area (Å²) >= 11 is 0. The van der Waals surface area contributed by atoms with Crippen molar-refractivity contribution in [1.29, 1.82) is 0 Å². The van der Waals surface area contributed by atoms with Crippen molar-refractivity contribution in [2.75, 3.05) is 36.9 Å². The van der Waals surface area contributed by atoms with Crippen LogP contribution in [0, 0.1) is 6.92 Å². The van der Waals surface area contributed by atoms with Crippen molar-refractivity contribution in [2.24, 2.45) is 0 Å². The Kier molecular flexibility index (Phi) is 5.94. The van der Waals surface area contributed by atoms with E-state index in [0.717, 1.165) is 61.4 Å². The lowest BCUT2D eigenvalue weighted by atomic mass is 9.93. The first-order valence-electron chi connectivity index (χ1n) is 11.7. The fourth-order valence-corrected chi connectivity index (χ4v) is 4.97. The van der Waals surface area contributed by atoms with Crippen molar-refractivity contribution in [3.8, 4) is 0 Å². The third-order valence-electron chi connectivity index (χ3n) is 6.60. The van der Waals surface area contributed by atoms with Crippen LogP contribution in [0.3, 0.4) is 0 Å². The molecule has 0 unspecified atom stereocenters. The molecule has 7 heteroatoms. The van der Waals surface area contributed by atoms with E-state index in [1.54, 1.807) is 18.5 Å². The van der Waals surface area contributed by atoms with Crippen molar-refractivity contribution in [3.05, 3.63) is 71.3 Å². The summed E-state index contributed by atoms with van der Waals surface area (Å²) in [5.41, 5.74) is 6.20. The molecular formula is C26H30N6O. The number of nitrogens with one attached hydrogen (secondary N) is 1. The van der Waals surface area contributed by atoms with Crippen LogP contribution in [0.4, 0.5) is 17.3 Å². The van der Waals surface area contributed by atoms with Gasteiger partial charge in [-0.3, -0.25) is 9.78 Å². The van der Waals surface area contributed by atoms with Crippen LogP contribution in [0.5, 0.6) is 0 Å². The van der Waals surface area contributed by atoms with Crippen molar-refractivity contribution in [2.45, 2.75) is 38.5 Å². The number of rotatable bonds is 4. The van der Waals surface area contributed by atoms with Crippen LogP contribution in [0.1, 0.15) is 52.5 Å². The van der Waals surface area contributed by atoms with Gasteiger partial charge in [0.1, 0.15) is 0 Å². The van der Waals surface area contributed by atoms with Gasteiger partial charge >= 0.3 is 0 Å². The molecule has 1 atom stereocenters. The Balaban J connectivity index is 1.33. The van der Waals surface area contributed by atoms with Crippen LogP contribution in [0.25, 0.3) is 0 Å². The Morgan fingerprint density at radius 1 is 1.09 bits per heavy atom. The number of nitrogens with zero attached hydrogens (tertiary/aromatic N) is 5. The van der Waals surface area contributed by atoms with E-state index in [1.807, 2.05) is 24.0 Å². The molecule has 1 amide bonds. The van der Waals surface area contributed by atoms with Gasteiger partial charge in [-0.05, 0) is 74.6 Å². The number of amides is 1. The molecule has 0 bridgehead atoms. The number of aromatic nitrogens is 3.